The fourth-order valence-electron chi connectivity index (χ4n) is 2.38. The molecule has 1 aromatic carbocycles. The van der Waals surface area contributed by atoms with Crippen LogP contribution in [0.3, 0.4) is 0 Å². The highest BCUT2D eigenvalue weighted by molar-refractivity contribution is 5.58. The molecular weight excluding hydrogens is 246 g/mol. The van der Waals surface area contributed by atoms with Gasteiger partial charge in [-0.15, -0.1) is 0 Å². The molecule has 0 bridgehead atoms. The summed E-state index contributed by atoms with van der Waals surface area (Å²) >= 11 is 0. The van der Waals surface area contributed by atoms with E-state index < -0.39 is 0 Å². The minimum absolute atomic E-state index is 0.187. The van der Waals surface area contributed by atoms with E-state index >= 15 is 0 Å². The molecule has 0 radical (unpaired) electrons. The summed E-state index contributed by atoms with van der Waals surface area (Å²) in [6, 6.07) is 13.1. The smallest absolute Gasteiger partial charge is 0.134 e. The second-order valence-electron chi connectivity index (χ2n) is 6.28. The van der Waals surface area contributed by atoms with E-state index in [9.17, 15) is 0 Å². The van der Waals surface area contributed by atoms with E-state index in [1.165, 1.54) is 5.56 Å². The summed E-state index contributed by atoms with van der Waals surface area (Å²) in [4.78, 5) is 0. The van der Waals surface area contributed by atoms with Crippen LogP contribution in [0.15, 0.2) is 40.8 Å². The Morgan fingerprint density at radius 3 is 2.20 bits per heavy atom. The fraction of sp³-hybridized carbons (Fsp3) is 0.444. The molecule has 1 aromatic heterocycles. The van der Waals surface area contributed by atoms with E-state index in [1.54, 1.807) is 0 Å². The molecule has 20 heavy (non-hydrogen) atoms. The van der Waals surface area contributed by atoms with Crippen LogP contribution in [0.25, 0.3) is 11.3 Å². The maximum absolute atomic E-state index is 5.98. The number of furan rings is 1. The number of rotatable bonds is 4. The third-order valence-corrected chi connectivity index (χ3v) is 3.76. The van der Waals surface area contributed by atoms with Gasteiger partial charge in [0.1, 0.15) is 11.5 Å². The van der Waals surface area contributed by atoms with Crippen LogP contribution in [0.5, 0.6) is 0 Å². The average molecular weight is 271 g/mol. The van der Waals surface area contributed by atoms with Crippen molar-refractivity contribution in [2.45, 2.75) is 45.6 Å². The Morgan fingerprint density at radius 1 is 1.05 bits per heavy atom. The third kappa shape index (κ3) is 3.13. The van der Waals surface area contributed by atoms with Gasteiger partial charge in [0.05, 0.1) is 6.04 Å². The van der Waals surface area contributed by atoms with Crippen LogP contribution in [-0.2, 0) is 5.41 Å². The molecule has 0 spiro atoms. The Morgan fingerprint density at radius 2 is 1.70 bits per heavy atom. The SMILES string of the molecule is CCC(NC)c1ccc(-c2ccc(C(C)(C)C)cc2)o1. The van der Waals surface area contributed by atoms with Crippen LogP contribution in [0, 0.1) is 0 Å². The molecule has 1 unspecified atom stereocenters. The molecule has 0 aliphatic heterocycles. The van der Waals surface area contributed by atoms with Gasteiger partial charge in [0, 0.05) is 5.56 Å². The Hall–Kier alpha value is -1.54. The van der Waals surface area contributed by atoms with Gasteiger partial charge in [-0.05, 0) is 36.6 Å². The summed E-state index contributed by atoms with van der Waals surface area (Å²) in [7, 11) is 1.97. The van der Waals surface area contributed by atoms with Crippen molar-refractivity contribution in [3.8, 4) is 11.3 Å². The van der Waals surface area contributed by atoms with Crippen LogP contribution < -0.4 is 5.32 Å². The second kappa shape index (κ2) is 5.84. The first kappa shape index (κ1) is 14.9. The van der Waals surface area contributed by atoms with Crippen molar-refractivity contribution < 1.29 is 4.42 Å². The van der Waals surface area contributed by atoms with E-state index in [-0.39, 0.29) is 11.5 Å². The second-order valence-corrected chi connectivity index (χ2v) is 6.28. The molecule has 108 valence electrons. The first-order valence-corrected chi connectivity index (χ1v) is 7.33. The Kier molecular flexibility index (Phi) is 4.34. The molecule has 0 amide bonds. The van der Waals surface area contributed by atoms with E-state index in [1.807, 2.05) is 7.05 Å². The summed E-state index contributed by atoms with van der Waals surface area (Å²) in [5.41, 5.74) is 2.66. The van der Waals surface area contributed by atoms with Gasteiger partial charge in [0.15, 0.2) is 0 Å². The monoisotopic (exact) mass is 271 g/mol. The zero-order valence-electron chi connectivity index (χ0n) is 13.2. The van der Waals surface area contributed by atoms with Gasteiger partial charge in [0.25, 0.3) is 0 Å². The molecule has 0 aliphatic carbocycles. The summed E-state index contributed by atoms with van der Waals surface area (Å²) in [6.45, 7) is 8.84. The van der Waals surface area contributed by atoms with Gasteiger partial charge < -0.3 is 9.73 Å². The minimum atomic E-state index is 0.187. The molecule has 2 nitrogen and oxygen atoms in total. The summed E-state index contributed by atoms with van der Waals surface area (Å²) in [6.07, 6.45) is 1.02. The predicted molar refractivity (Wildman–Crippen MR) is 84.9 cm³/mol. The van der Waals surface area contributed by atoms with Crippen molar-refractivity contribution in [3.05, 3.63) is 47.7 Å². The lowest BCUT2D eigenvalue weighted by atomic mass is 9.86. The number of hydrogen-bond donors (Lipinski definition) is 1. The molecule has 0 saturated heterocycles. The average Bonchev–Trinajstić information content (AvgIpc) is 2.89. The molecule has 0 fully saturated rings. The van der Waals surface area contributed by atoms with Crippen LogP contribution in [-0.4, -0.2) is 7.05 Å². The maximum Gasteiger partial charge on any atom is 0.134 e. The predicted octanol–water partition coefficient (Wildman–Crippen LogP) is 4.91. The van der Waals surface area contributed by atoms with Crippen LogP contribution >= 0.6 is 0 Å². The van der Waals surface area contributed by atoms with Crippen LogP contribution in [0.1, 0.15) is 51.5 Å². The molecule has 0 saturated carbocycles. The largest absolute Gasteiger partial charge is 0.459 e. The number of nitrogens with one attached hydrogen (secondary N) is 1. The zero-order valence-corrected chi connectivity index (χ0v) is 13.2. The topological polar surface area (TPSA) is 25.2 Å². The van der Waals surface area contributed by atoms with Gasteiger partial charge in [0.2, 0.25) is 0 Å². The Bertz CT molecular complexity index is 542. The lowest BCUT2D eigenvalue weighted by Gasteiger charge is -2.18. The zero-order chi connectivity index (χ0) is 14.8. The molecule has 1 heterocycles. The van der Waals surface area contributed by atoms with Gasteiger partial charge >= 0.3 is 0 Å². The highest BCUT2D eigenvalue weighted by Gasteiger charge is 2.15. The summed E-state index contributed by atoms with van der Waals surface area (Å²) in [5, 5.41) is 3.27. The van der Waals surface area contributed by atoms with E-state index in [0.29, 0.717) is 0 Å². The molecular formula is C18H25NO. The van der Waals surface area contributed by atoms with Crippen molar-refractivity contribution in [2.75, 3.05) is 7.05 Å². The normalized spacial score (nSPS) is 13.4. The van der Waals surface area contributed by atoms with Gasteiger partial charge in [-0.2, -0.15) is 0 Å². The first-order valence-electron chi connectivity index (χ1n) is 7.33. The molecule has 1 N–H and O–H groups in total. The number of benzene rings is 1. The van der Waals surface area contributed by atoms with E-state index in [2.05, 4.69) is 69.4 Å². The number of hydrogen-bond acceptors (Lipinski definition) is 2. The van der Waals surface area contributed by atoms with Gasteiger partial charge in [-0.3, -0.25) is 0 Å². The van der Waals surface area contributed by atoms with Crippen molar-refractivity contribution in [1.82, 2.24) is 5.32 Å². The third-order valence-electron chi connectivity index (χ3n) is 3.76. The van der Waals surface area contributed by atoms with E-state index in [0.717, 1.165) is 23.5 Å². The van der Waals surface area contributed by atoms with Gasteiger partial charge in [-0.25, -0.2) is 0 Å². The quantitative estimate of drug-likeness (QED) is 0.854. The molecule has 2 rings (SSSR count). The van der Waals surface area contributed by atoms with Crippen molar-refractivity contribution in [1.29, 1.82) is 0 Å². The Labute approximate surface area is 122 Å². The minimum Gasteiger partial charge on any atom is -0.459 e. The van der Waals surface area contributed by atoms with Crippen molar-refractivity contribution in [3.63, 3.8) is 0 Å². The summed E-state index contributed by atoms with van der Waals surface area (Å²) in [5.74, 6) is 1.94. The maximum atomic E-state index is 5.98. The first-order chi connectivity index (χ1) is 9.45. The molecule has 2 aromatic rings. The summed E-state index contributed by atoms with van der Waals surface area (Å²) < 4.78 is 5.98. The van der Waals surface area contributed by atoms with Crippen LogP contribution in [0.4, 0.5) is 0 Å². The highest BCUT2D eigenvalue weighted by Crippen LogP contribution is 2.29. The highest BCUT2D eigenvalue weighted by atomic mass is 16.3. The molecule has 2 heteroatoms. The fourth-order valence-corrected chi connectivity index (χ4v) is 2.38. The van der Waals surface area contributed by atoms with E-state index in [4.69, 9.17) is 4.42 Å². The van der Waals surface area contributed by atoms with Gasteiger partial charge in [-0.1, -0.05) is 52.0 Å². The molecule has 1 atom stereocenters. The van der Waals surface area contributed by atoms with Crippen LogP contribution in [0.2, 0.25) is 0 Å². The standard InChI is InChI=1S/C18H25NO/c1-6-15(19-5)17-12-11-16(20-17)13-7-9-14(10-8-13)18(2,3)4/h7-12,15,19H,6H2,1-5H3. The van der Waals surface area contributed by atoms with Crippen molar-refractivity contribution in [2.24, 2.45) is 0 Å². The molecule has 0 aliphatic rings. The lowest BCUT2D eigenvalue weighted by molar-refractivity contribution is 0.431. The lowest BCUT2D eigenvalue weighted by Crippen LogP contribution is -2.14. The Balaban J connectivity index is 2.24. The van der Waals surface area contributed by atoms with Crippen molar-refractivity contribution >= 4 is 0 Å².